The van der Waals surface area contributed by atoms with Gasteiger partial charge in [-0.1, -0.05) is 11.6 Å². The Morgan fingerprint density at radius 3 is 2.84 bits per heavy atom. The Morgan fingerprint density at radius 2 is 2.08 bits per heavy atom. The van der Waals surface area contributed by atoms with Gasteiger partial charge in [-0.3, -0.25) is 4.99 Å². The van der Waals surface area contributed by atoms with Crippen molar-refractivity contribution in [3.8, 4) is 11.5 Å². The number of benzene rings is 1. The third-order valence-corrected chi connectivity index (χ3v) is 4.82. The maximum atomic E-state index is 6.33. The van der Waals surface area contributed by atoms with Crippen LogP contribution in [-0.2, 0) is 13.1 Å². The maximum Gasteiger partial charge on any atom is 0.191 e. The van der Waals surface area contributed by atoms with Crippen LogP contribution in [0.3, 0.4) is 0 Å². The highest BCUT2D eigenvalue weighted by Crippen LogP contribution is 2.37. The number of halogens is 1. The van der Waals surface area contributed by atoms with Crippen LogP contribution >= 0.6 is 22.9 Å². The molecule has 0 spiro atoms. The smallest absolute Gasteiger partial charge is 0.191 e. The van der Waals surface area contributed by atoms with Gasteiger partial charge in [-0.2, -0.15) is 0 Å². The van der Waals surface area contributed by atoms with Crippen molar-refractivity contribution >= 4 is 28.9 Å². The predicted octanol–water partition coefficient (Wildman–Crippen LogP) is 3.13. The molecule has 0 unspecified atom stereocenters. The molecule has 0 atom stereocenters. The number of nitrogens with one attached hydrogen (secondary N) is 2. The summed E-state index contributed by atoms with van der Waals surface area (Å²) in [5, 5.41) is 8.12. The van der Waals surface area contributed by atoms with Crippen LogP contribution in [0.25, 0.3) is 0 Å². The lowest BCUT2D eigenvalue weighted by Gasteiger charge is -2.14. The van der Waals surface area contributed by atoms with E-state index in [0.717, 1.165) is 17.0 Å². The largest absolute Gasteiger partial charge is 0.489 e. The van der Waals surface area contributed by atoms with E-state index < -0.39 is 0 Å². The van der Waals surface area contributed by atoms with Crippen molar-refractivity contribution in [2.45, 2.75) is 26.4 Å². The summed E-state index contributed by atoms with van der Waals surface area (Å²) in [5.41, 5.74) is 1.00. The second kappa shape index (κ2) is 8.40. The molecule has 2 N–H and O–H groups in total. The third kappa shape index (κ3) is 4.76. The van der Waals surface area contributed by atoms with Crippen molar-refractivity contribution < 1.29 is 9.47 Å². The third-order valence-electron chi connectivity index (χ3n) is 3.62. The summed E-state index contributed by atoms with van der Waals surface area (Å²) in [7, 11) is 1.74. The minimum atomic E-state index is 0.567. The summed E-state index contributed by atoms with van der Waals surface area (Å²) in [6.07, 6.45) is 2.73. The van der Waals surface area contributed by atoms with Gasteiger partial charge in [0.25, 0.3) is 0 Å². The van der Waals surface area contributed by atoms with Crippen molar-refractivity contribution in [3.63, 3.8) is 0 Å². The molecule has 0 radical (unpaired) electrons. The number of hydrogen-bond donors (Lipinski definition) is 2. The molecular weight excluding hydrogens is 360 g/mol. The molecule has 2 heterocycles. The van der Waals surface area contributed by atoms with Gasteiger partial charge in [0.05, 0.1) is 24.8 Å². The number of fused-ring (bicyclic) bond motifs is 1. The topological polar surface area (TPSA) is 67.8 Å². The van der Waals surface area contributed by atoms with Crippen LogP contribution in [-0.4, -0.2) is 31.2 Å². The molecule has 0 saturated heterocycles. The van der Waals surface area contributed by atoms with Crippen LogP contribution in [0.1, 0.15) is 21.9 Å². The molecule has 2 aromatic rings. The van der Waals surface area contributed by atoms with Crippen LogP contribution < -0.4 is 20.1 Å². The normalized spacial score (nSPS) is 14.1. The average molecular weight is 381 g/mol. The molecule has 8 heteroatoms. The fourth-order valence-electron chi connectivity index (χ4n) is 2.44. The Hall–Kier alpha value is -1.99. The molecule has 0 amide bonds. The number of aliphatic imine (C=N–C) groups is 1. The minimum absolute atomic E-state index is 0.567. The Balaban J connectivity index is 1.60. The lowest BCUT2D eigenvalue weighted by atomic mass is 10.2. The number of guanidine groups is 1. The van der Waals surface area contributed by atoms with Crippen LogP contribution in [0, 0.1) is 6.92 Å². The first-order chi connectivity index (χ1) is 12.2. The van der Waals surface area contributed by atoms with Crippen molar-refractivity contribution in [1.29, 1.82) is 0 Å². The van der Waals surface area contributed by atoms with Crippen molar-refractivity contribution in [2.75, 3.05) is 20.3 Å². The van der Waals surface area contributed by atoms with E-state index in [4.69, 9.17) is 21.1 Å². The van der Waals surface area contributed by atoms with Gasteiger partial charge in [-0.05, 0) is 24.6 Å². The lowest BCUT2D eigenvalue weighted by Crippen LogP contribution is -2.36. The van der Waals surface area contributed by atoms with Gasteiger partial charge in [-0.25, -0.2) is 4.98 Å². The summed E-state index contributed by atoms with van der Waals surface area (Å²) < 4.78 is 11.4. The molecule has 1 aliphatic rings. The summed E-state index contributed by atoms with van der Waals surface area (Å²) in [6.45, 7) is 4.52. The molecule has 0 aliphatic carbocycles. The van der Waals surface area contributed by atoms with E-state index >= 15 is 0 Å². The zero-order chi connectivity index (χ0) is 17.6. The highest BCUT2D eigenvalue weighted by atomic mass is 35.5. The highest BCUT2D eigenvalue weighted by molar-refractivity contribution is 7.11. The van der Waals surface area contributed by atoms with Gasteiger partial charge < -0.3 is 20.1 Å². The summed E-state index contributed by atoms with van der Waals surface area (Å²) in [5.74, 6) is 2.03. The van der Waals surface area contributed by atoms with E-state index in [-0.39, 0.29) is 0 Å². The summed E-state index contributed by atoms with van der Waals surface area (Å²) in [4.78, 5) is 9.76. The first kappa shape index (κ1) is 17.8. The predicted molar refractivity (Wildman–Crippen MR) is 101 cm³/mol. The van der Waals surface area contributed by atoms with Crippen LogP contribution in [0.2, 0.25) is 5.02 Å². The Kier molecular flexibility index (Phi) is 5.99. The highest BCUT2D eigenvalue weighted by Gasteiger charge is 2.15. The standard InChI is InChI=1S/C17H21ClN4O2S/c1-11-8-20-15(25-11)10-22-17(19-2)21-9-12-6-13(18)16-14(7-12)23-4-3-5-24-16/h6-8H,3-5,9-10H2,1-2H3,(H2,19,21,22). The first-order valence-electron chi connectivity index (χ1n) is 8.09. The Morgan fingerprint density at radius 1 is 1.28 bits per heavy atom. The second-order valence-corrected chi connectivity index (χ2v) is 7.33. The van der Waals surface area contributed by atoms with E-state index in [1.165, 1.54) is 4.88 Å². The number of nitrogens with zero attached hydrogens (tertiary/aromatic N) is 2. The number of thiazole rings is 1. The molecule has 6 nitrogen and oxygen atoms in total. The zero-order valence-electron chi connectivity index (χ0n) is 14.3. The Labute approximate surface area is 156 Å². The molecule has 0 saturated carbocycles. The van der Waals surface area contributed by atoms with E-state index in [1.54, 1.807) is 18.4 Å². The number of rotatable bonds is 4. The molecule has 0 fully saturated rings. The van der Waals surface area contributed by atoms with Gasteiger partial charge in [0.15, 0.2) is 17.5 Å². The summed E-state index contributed by atoms with van der Waals surface area (Å²) in [6, 6.07) is 3.84. The van der Waals surface area contributed by atoms with E-state index in [0.29, 0.717) is 48.8 Å². The van der Waals surface area contributed by atoms with Crippen LogP contribution in [0.15, 0.2) is 23.3 Å². The molecule has 0 bridgehead atoms. The quantitative estimate of drug-likeness (QED) is 0.630. The number of aromatic nitrogens is 1. The van der Waals surface area contributed by atoms with Crippen LogP contribution in [0.4, 0.5) is 0 Å². The number of ether oxygens (including phenoxy) is 2. The Bertz CT molecular complexity index is 763. The SMILES string of the molecule is CN=C(NCc1cc(Cl)c2c(c1)OCCCO2)NCc1ncc(C)s1. The maximum absolute atomic E-state index is 6.33. The van der Waals surface area contributed by atoms with E-state index in [9.17, 15) is 0 Å². The fourth-order valence-corrected chi connectivity index (χ4v) is 3.45. The molecule has 1 aromatic heterocycles. The number of hydrogen-bond acceptors (Lipinski definition) is 5. The minimum Gasteiger partial charge on any atom is -0.489 e. The number of aryl methyl sites for hydroxylation is 1. The average Bonchev–Trinajstić information content (AvgIpc) is 2.87. The van der Waals surface area contributed by atoms with Crippen molar-refractivity contribution in [1.82, 2.24) is 15.6 Å². The molecule has 1 aromatic carbocycles. The molecule has 25 heavy (non-hydrogen) atoms. The fraction of sp³-hybridized carbons (Fsp3) is 0.412. The van der Waals surface area contributed by atoms with Crippen LogP contribution in [0.5, 0.6) is 11.5 Å². The van der Waals surface area contributed by atoms with Gasteiger partial charge in [0.1, 0.15) is 5.01 Å². The van der Waals surface area contributed by atoms with Gasteiger partial charge >= 0.3 is 0 Å². The first-order valence-corrected chi connectivity index (χ1v) is 9.29. The molecule has 1 aliphatic heterocycles. The van der Waals surface area contributed by atoms with Crippen molar-refractivity contribution in [2.24, 2.45) is 4.99 Å². The van der Waals surface area contributed by atoms with Gasteiger partial charge in [0, 0.05) is 31.1 Å². The summed E-state index contributed by atoms with van der Waals surface area (Å²) >= 11 is 8.00. The van der Waals surface area contributed by atoms with E-state index in [2.05, 4.69) is 20.6 Å². The van der Waals surface area contributed by atoms with E-state index in [1.807, 2.05) is 25.3 Å². The lowest BCUT2D eigenvalue weighted by molar-refractivity contribution is 0.297. The monoisotopic (exact) mass is 380 g/mol. The molecular formula is C17H21ClN4O2S. The van der Waals surface area contributed by atoms with Gasteiger partial charge in [0.2, 0.25) is 0 Å². The second-order valence-electron chi connectivity index (χ2n) is 5.60. The van der Waals surface area contributed by atoms with Crippen molar-refractivity contribution in [3.05, 3.63) is 38.8 Å². The van der Waals surface area contributed by atoms with Gasteiger partial charge in [-0.15, -0.1) is 11.3 Å². The zero-order valence-corrected chi connectivity index (χ0v) is 15.8. The molecule has 134 valence electrons. The molecule has 3 rings (SSSR count).